The zero-order valence-electron chi connectivity index (χ0n) is 22.1. The van der Waals surface area contributed by atoms with Crippen LogP contribution in [0.25, 0.3) is 5.69 Å². The van der Waals surface area contributed by atoms with Crippen molar-refractivity contribution < 1.29 is 37.7 Å². The molecule has 216 valence electrons. The number of hydrogen-bond donors (Lipinski definition) is 4. The van der Waals surface area contributed by atoms with Crippen molar-refractivity contribution in [2.24, 2.45) is 0 Å². The van der Waals surface area contributed by atoms with Crippen LogP contribution < -0.4 is 15.4 Å². The van der Waals surface area contributed by atoms with Crippen LogP contribution in [0.2, 0.25) is 0 Å². The smallest absolute Gasteiger partial charge is 0.320 e. The maximum Gasteiger partial charge on any atom is 0.320 e. The summed E-state index contributed by atoms with van der Waals surface area (Å²) in [6, 6.07) is 9.71. The molecule has 0 spiro atoms. The number of carbonyl (C=O) groups is 1. The summed E-state index contributed by atoms with van der Waals surface area (Å²) < 4.78 is 53.9. The molecular weight excluding hydrogens is 531 g/mol. The fourth-order valence-corrected chi connectivity index (χ4v) is 4.62. The molecule has 2 amide bonds. The molecule has 1 saturated heterocycles. The van der Waals surface area contributed by atoms with E-state index >= 15 is 0 Å². The van der Waals surface area contributed by atoms with Gasteiger partial charge >= 0.3 is 6.03 Å². The number of rotatable bonds is 11. The quantitative estimate of drug-likeness (QED) is 0.265. The van der Waals surface area contributed by atoms with Crippen molar-refractivity contribution in [1.29, 1.82) is 0 Å². The lowest BCUT2D eigenvalue weighted by Gasteiger charge is -2.21. The van der Waals surface area contributed by atoms with Crippen molar-refractivity contribution >= 4 is 11.8 Å². The highest BCUT2D eigenvalue weighted by atomic mass is 19.2. The largest absolute Gasteiger partial charge is 0.474 e. The fraction of sp³-hybridized carbons (Fsp3) is 0.407. The first-order valence-corrected chi connectivity index (χ1v) is 12.7. The highest BCUT2D eigenvalue weighted by Crippen LogP contribution is 2.31. The van der Waals surface area contributed by atoms with E-state index in [2.05, 4.69) is 15.7 Å². The molecule has 40 heavy (non-hydrogen) atoms. The van der Waals surface area contributed by atoms with Gasteiger partial charge in [0.05, 0.1) is 30.5 Å². The maximum absolute atomic E-state index is 14.1. The van der Waals surface area contributed by atoms with Crippen LogP contribution in [0.1, 0.15) is 17.0 Å². The number of urea groups is 1. The summed E-state index contributed by atoms with van der Waals surface area (Å²) in [5, 5.41) is 28.9. The first kappa shape index (κ1) is 29.3. The molecule has 2 heterocycles. The number of amides is 2. The molecule has 3 atom stereocenters. The third kappa shape index (κ3) is 6.73. The normalized spacial score (nSPS) is 18.1. The average Bonchev–Trinajstić information content (AvgIpc) is 3.49. The number of nitrogens with one attached hydrogen (secondary N) is 2. The summed E-state index contributed by atoms with van der Waals surface area (Å²) in [5.74, 6) is -4.22. The maximum atomic E-state index is 14.1. The van der Waals surface area contributed by atoms with Gasteiger partial charge in [0.1, 0.15) is 18.5 Å². The van der Waals surface area contributed by atoms with Crippen LogP contribution in [0, 0.1) is 24.4 Å². The number of ether oxygens (including phenoxy) is 2. The topological polar surface area (TPSA) is 121 Å². The van der Waals surface area contributed by atoms with E-state index in [1.807, 2.05) is 11.0 Å². The molecule has 0 radical (unpaired) electrons. The summed E-state index contributed by atoms with van der Waals surface area (Å²) in [4.78, 5) is 15.3. The van der Waals surface area contributed by atoms with E-state index in [1.54, 1.807) is 38.3 Å². The minimum atomic E-state index is -1.55. The van der Waals surface area contributed by atoms with Crippen LogP contribution >= 0.6 is 0 Å². The molecular formula is C27H32F3N5O5. The molecule has 4 rings (SSSR count). The Balaban J connectivity index is 1.58. The van der Waals surface area contributed by atoms with Crippen LogP contribution in [0.15, 0.2) is 42.5 Å². The van der Waals surface area contributed by atoms with Crippen molar-refractivity contribution in [3.63, 3.8) is 0 Å². The monoisotopic (exact) mass is 563 g/mol. The molecule has 13 heteroatoms. The molecule has 0 bridgehead atoms. The van der Waals surface area contributed by atoms with Gasteiger partial charge in [-0.2, -0.15) is 0 Å². The summed E-state index contributed by atoms with van der Waals surface area (Å²) >= 11 is 0. The number of nitrogens with zero attached hydrogens (tertiary/aromatic N) is 3. The van der Waals surface area contributed by atoms with E-state index in [0.29, 0.717) is 43.3 Å². The molecule has 1 aromatic heterocycles. The van der Waals surface area contributed by atoms with Gasteiger partial charge in [-0.25, -0.2) is 22.6 Å². The Morgan fingerprint density at radius 3 is 2.52 bits per heavy atom. The molecule has 10 nitrogen and oxygen atoms in total. The van der Waals surface area contributed by atoms with Crippen molar-refractivity contribution in [2.75, 3.05) is 51.9 Å². The first-order valence-electron chi connectivity index (χ1n) is 12.7. The van der Waals surface area contributed by atoms with E-state index < -0.39 is 48.2 Å². The number of benzene rings is 2. The number of aliphatic hydroxyl groups is 2. The predicted octanol–water partition coefficient (Wildman–Crippen LogP) is 2.57. The Morgan fingerprint density at radius 1 is 1.18 bits per heavy atom. The number of aromatic nitrogens is 2. The predicted molar refractivity (Wildman–Crippen MR) is 140 cm³/mol. The van der Waals surface area contributed by atoms with Gasteiger partial charge < -0.3 is 25.0 Å². The Morgan fingerprint density at radius 2 is 1.88 bits per heavy atom. The molecule has 2 aromatic carbocycles. The van der Waals surface area contributed by atoms with Gasteiger partial charge in [-0.05, 0) is 36.8 Å². The molecule has 3 aromatic rings. The van der Waals surface area contributed by atoms with Gasteiger partial charge in [-0.1, -0.05) is 18.2 Å². The Bertz CT molecular complexity index is 1290. The lowest BCUT2D eigenvalue weighted by molar-refractivity contribution is 0.0518. The van der Waals surface area contributed by atoms with E-state index in [1.165, 1.54) is 4.68 Å². The zero-order chi connectivity index (χ0) is 28.8. The Kier molecular flexibility index (Phi) is 9.63. The van der Waals surface area contributed by atoms with E-state index in [0.717, 1.165) is 12.1 Å². The minimum absolute atomic E-state index is 0.147. The van der Waals surface area contributed by atoms with Gasteiger partial charge in [0.2, 0.25) is 5.88 Å². The molecule has 1 unspecified atom stereocenters. The minimum Gasteiger partial charge on any atom is -0.474 e. The number of para-hydroxylation sites is 1. The molecule has 0 aliphatic carbocycles. The summed E-state index contributed by atoms with van der Waals surface area (Å²) in [6.07, 6.45) is -1.11. The van der Waals surface area contributed by atoms with Crippen LogP contribution in [0.4, 0.5) is 23.8 Å². The van der Waals surface area contributed by atoms with Crippen molar-refractivity contribution in [3.8, 4) is 11.6 Å². The second-order valence-corrected chi connectivity index (χ2v) is 9.54. The molecule has 1 aliphatic heterocycles. The van der Waals surface area contributed by atoms with Crippen molar-refractivity contribution in [3.05, 3.63) is 71.0 Å². The molecule has 1 fully saturated rings. The summed E-state index contributed by atoms with van der Waals surface area (Å²) in [5.41, 5.74) is 1.32. The number of halogens is 3. The lowest BCUT2D eigenvalue weighted by Crippen LogP contribution is -2.42. The SMILES string of the molecule is COCCN1C[C@@H](NC(=O)Nc2c(C)c(OCC(O)CO)nn2-c2ccccc2)[C@H](c2cc(F)c(F)c(F)c2)C1. The lowest BCUT2D eigenvalue weighted by atomic mass is 9.94. The Hall–Kier alpha value is -3.65. The van der Waals surface area contributed by atoms with Crippen LogP contribution in [0.5, 0.6) is 5.88 Å². The number of aliphatic hydroxyl groups excluding tert-OH is 2. The number of anilines is 1. The molecule has 1 aliphatic rings. The van der Waals surface area contributed by atoms with Gasteiger partial charge in [-0.15, -0.1) is 5.10 Å². The zero-order valence-corrected chi connectivity index (χ0v) is 22.1. The van der Waals surface area contributed by atoms with E-state index in [-0.39, 0.29) is 18.1 Å². The molecule has 0 saturated carbocycles. The summed E-state index contributed by atoms with van der Waals surface area (Å²) in [6.45, 7) is 2.66. The first-order chi connectivity index (χ1) is 19.2. The van der Waals surface area contributed by atoms with Crippen molar-refractivity contribution in [2.45, 2.75) is 25.0 Å². The van der Waals surface area contributed by atoms with Crippen LogP contribution in [-0.2, 0) is 4.74 Å². The van der Waals surface area contributed by atoms with Gasteiger partial charge in [0.15, 0.2) is 17.5 Å². The Labute approximate surface area is 229 Å². The molecule has 4 N–H and O–H groups in total. The second kappa shape index (κ2) is 13.1. The highest BCUT2D eigenvalue weighted by Gasteiger charge is 2.36. The number of carbonyl (C=O) groups excluding carboxylic acids is 1. The summed E-state index contributed by atoms with van der Waals surface area (Å²) in [7, 11) is 1.56. The second-order valence-electron chi connectivity index (χ2n) is 9.54. The fourth-order valence-electron chi connectivity index (χ4n) is 4.62. The van der Waals surface area contributed by atoms with Crippen molar-refractivity contribution in [1.82, 2.24) is 20.0 Å². The average molecular weight is 564 g/mol. The standard InChI is InChI=1S/C27H32F3N5O5/c1-16-25(35(18-6-4-3-5-7-18)33-26(16)40-15-19(37)14-36)32-27(38)31-23-13-34(8-9-39-2)12-20(23)17-10-21(28)24(30)22(29)11-17/h3-7,10-11,19-20,23,36-37H,8-9,12-15H2,1-2H3,(H2,31,32,38)/t19?,20-,23+/m0/s1. The van der Waals surface area contributed by atoms with Gasteiger partial charge in [0, 0.05) is 32.7 Å². The third-order valence-corrected chi connectivity index (χ3v) is 6.69. The number of methoxy groups -OCH3 is 1. The van der Waals surface area contributed by atoms with E-state index in [9.17, 15) is 23.1 Å². The number of likely N-dealkylation sites (tertiary alicyclic amines) is 1. The van der Waals surface area contributed by atoms with Gasteiger partial charge in [-0.3, -0.25) is 10.2 Å². The highest BCUT2D eigenvalue weighted by molar-refractivity contribution is 5.90. The van der Waals surface area contributed by atoms with Gasteiger partial charge in [0.25, 0.3) is 0 Å². The van der Waals surface area contributed by atoms with E-state index in [4.69, 9.17) is 14.6 Å². The third-order valence-electron chi connectivity index (χ3n) is 6.69. The van der Waals surface area contributed by atoms with Crippen LogP contribution in [0.3, 0.4) is 0 Å². The van der Waals surface area contributed by atoms with Crippen LogP contribution in [-0.4, -0.2) is 89.6 Å². The number of hydrogen-bond acceptors (Lipinski definition) is 7.